The van der Waals surface area contributed by atoms with Gasteiger partial charge in [-0.1, -0.05) is 23.4 Å². The normalized spacial score (nSPS) is 15.1. The maximum absolute atomic E-state index is 13.0. The molecule has 8 heteroatoms. The van der Waals surface area contributed by atoms with Crippen LogP contribution in [0.15, 0.2) is 51.7 Å². The number of unbranched alkanes of at least 4 members (excludes halogenated alkanes) is 1. The predicted molar refractivity (Wildman–Crippen MR) is 107 cm³/mol. The number of amidine groups is 1. The SMILES string of the molecule is COc1ccc(N2C(=O)/C(=C\c3ccco3)N=C2SCCCC#N)cc1Cl. The van der Waals surface area contributed by atoms with E-state index in [-0.39, 0.29) is 11.6 Å². The Bertz CT molecular complexity index is 932. The van der Waals surface area contributed by atoms with Gasteiger partial charge < -0.3 is 9.15 Å². The van der Waals surface area contributed by atoms with E-state index in [1.165, 1.54) is 30.0 Å². The van der Waals surface area contributed by atoms with Crippen LogP contribution in [0.1, 0.15) is 18.6 Å². The van der Waals surface area contributed by atoms with E-state index in [1.807, 2.05) is 0 Å². The molecule has 2 heterocycles. The number of hydrogen-bond acceptors (Lipinski definition) is 6. The van der Waals surface area contributed by atoms with E-state index >= 15 is 0 Å². The van der Waals surface area contributed by atoms with Gasteiger partial charge in [0, 0.05) is 18.2 Å². The molecule has 1 aromatic carbocycles. The first-order chi connectivity index (χ1) is 13.1. The Morgan fingerprint density at radius 2 is 2.30 bits per heavy atom. The molecule has 0 saturated heterocycles. The number of carbonyl (C=O) groups is 1. The average molecular weight is 402 g/mol. The largest absolute Gasteiger partial charge is 0.495 e. The number of nitrogens with zero attached hydrogens (tertiary/aromatic N) is 3. The van der Waals surface area contributed by atoms with Crippen molar-refractivity contribution < 1.29 is 13.9 Å². The fraction of sp³-hybridized carbons (Fsp3) is 0.211. The molecule has 1 aliphatic heterocycles. The lowest BCUT2D eigenvalue weighted by molar-refractivity contribution is -0.113. The summed E-state index contributed by atoms with van der Waals surface area (Å²) in [6, 6.07) is 10.7. The van der Waals surface area contributed by atoms with Gasteiger partial charge in [-0.25, -0.2) is 4.99 Å². The molecule has 6 nitrogen and oxygen atoms in total. The summed E-state index contributed by atoms with van der Waals surface area (Å²) in [6.07, 6.45) is 4.30. The van der Waals surface area contributed by atoms with E-state index in [0.717, 1.165) is 0 Å². The molecule has 0 N–H and O–H groups in total. The molecule has 138 valence electrons. The molecule has 0 aliphatic carbocycles. The number of aliphatic imine (C=N–C) groups is 1. The summed E-state index contributed by atoms with van der Waals surface area (Å²) in [6.45, 7) is 0. The van der Waals surface area contributed by atoms with E-state index in [0.29, 0.717) is 46.0 Å². The number of carbonyl (C=O) groups excluding carboxylic acids is 1. The molecule has 2 aromatic rings. The number of anilines is 1. The Hall–Kier alpha value is -2.69. The van der Waals surface area contributed by atoms with E-state index < -0.39 is 0 Å². The summed E-state index contributed by atoms with van der Waals surface area (Å²) in [5.74, 6) is 1.48. The van der Waals surface area contributed by atoms with Gasteiger partial charge in [-0.3, -0.25) is 9.69 Å². The number of amides is 1. The zero-order chi connectivity index (χ0) is 19.2. The van der Waals surface area contributed by atoms with Crippen LogP contribution >= 0.6 is 23.4 Å². The second-order valence-electron chi connectivity index (χ2n) is 5.51. The molecule has 0 spiro atoms. The number of thioether (sulfide) groups is 1. The van der Waals surface area contributed by atoms with E-state index in [2.05, 4.69) is 11.1 Å². The van der Waals surface area contributed by atoms with Crippen molar-refractivity contribution in [3.05, 3.63) is 53.1 Å². The van der Waals surface area contributed by atoms with Crippen LogP contribution in [-0.4, -0.2) is 23.9 Å². The zero-order valence-corrected chi connectivity index (χ0v) is 16.1. The topological polar surface area (TPSA) is 78.8 Å². The van der Waals surface area contributed by atoms with Crippen molar-refractivity contribution in [1.82, 2.24) is 0 Å². The smallest absolute Gasteiger partial charge is 0.283 e. The van der Waals surface area contributed by atoms with Crippen molar-refractivity contribution >= 4 is 46.2 Å². The average Bonchev–Trinajstić information content (AvgIpc) is 3.27. The maximum Gasteiger partial charge on any atom is 0.283 e. The number of methoxy groups -OCH3 is 1. The van der Waals surface area contributed by atoms with Crippen LogP contribution in [-0.2, 0) is 4.79 Å². The summed E-state index contributed by atoms with van der Waals surface area (Å²) < 4.78 is 10.5. The van der Waals surface area contributed by atoms with Crippen LogP contribution < -0.4 is 9.64 Å². The summed E-state index contributed by atoms with van der Waals surface area (Å²) in [7, 11) is 1.53. The van der Waals surface area contributed by atoms with Crippen LogP contribution in [0.2, 0.25) is 5.02 Å². The van der Waals surface area contributed by atoms with Crippen LogP contribution in [0.4, 0.5) is 5.69 Å². The third kappa shape index (κ3) is 4.35. The Balaban J connectivity index is 1.92. The van der Waals surface area contributed by atoms with Crippen molar-refractivity contribution in [2.24, 2.45) is 4.99 Å². The minimum atomic E-state index is -0.268. The van der Waals surface area contributed by atoms with E-state index in [4.69, 9.17) is 26.0 Å². The highest BCUT2D eigenvalue weighted by Gasteiger charge is 2.32. The number of halogens is 1. The molecule has 0 unspecified atom stereocenters. The predicted octanol–water partition coefficient (Wildman–Crippen LogP) is 4.72. The zero-order valence-electron chi connectivity index (χ0n) is 14.5. The molecule has 0 radical (unpaired) electrons. The van der Waals surface area contributed by atoms with Gasteiger partial charge in [0.15, 0.2) is 5.17 Å². The van der Waals surface area contributed by atoms with Gasteiger partial charge in [-0.2, -0.15) is 5.26 Å². The molecule has 3 rings (SSSR count). The Morgan fingerprint density at radius 3 is 2.96 bits per heavy atom. The highest BCUT2D eigenvalue weighted by Crippen LogP contribution is 2.34. The number of hydrogen-bond donors (Lipinski definition) is 0. The summed E-state index contributed by atoms with van der Waals surface area (Å²) in [4.78, 5) is 18.9. The first-order valence-corrected chi connectivity index (χ1v) is 9.52. The molecule has 0 bridgehead atoms. The lowest BCUT2D eigenvalue weighted by atomic mass is 10.2. The number of nitriles is 1. The van der Waals surface area contributed by atoms with E-state index in [1.54, 1.807) is 36.4 Å². The third-order valence-electron chi connectivity index (χ3n) is 3.71. The number of furan rings is 1. The summed E-state index contributed by atoms with van der Waals surface area (Å²) >= 11 is 7.65. The highest BCUT2D eigenvalue weighted by atomic mass is 35.5. The van der Waals surface area contributed by atoms with Crippen LogP contribution in [0.5, 0.6) is 5.75 Å². The lowest BCUT2D eigenvalue weighted by Crippen LogP contribution is -2.30. The van der Waals surface area contributed by atoms with Crippen LogP contribution in [0.25, 0.3) is 6.08 Å². The summed E-state index contributed by atoms with van der Waals surface area (Å²) in [5, 5.41) is 9.64. The van der Waals surface area contributed by atoms with Crippen LogP contribution in [0, 0.1) is 11.3 Å². The molecule has 1 aromatic heterocycles. The van der Waals surface area contributed by atoms with Gasteiger partial charge in [0.25, 0.3) is 5.91 Å². The van der Waals surface area contributed by atoms with Gasteiger partial charge in [0.1, 0.15) is 17.2 Å². The molecular weight excluding hydrogens is 386 g/mol. The minimum absolute atomic E-state index is 0.268. The Morgan fingerprint density at radius 1 is 1.44 bits per heavy atom. The third-order valence-corrected chi connectivity index (χ3v) is 5.03. The quantitative estimate of drug-likeness (QED) is 0.516. The first kappa shape index (κ1) is 19.1. The van der Waals surface area contributed by atoms with Gasteiger partial charge in [-0.05, 0) is 36.8 Å². The van der Waals surface area contributed by atoms with Crippen molar-refractivity contribution in [2.45, 2.75) is 12.8 Å². The lowest BCUT2D eigenvalue weighted by Gasteiger charge is -2.18. The van der Waals surface area contributed by atoms with Gasteiger partial charge in [0.05, 0.1) is 30.2 Å². The van der Waals surface area contributed by atoms with Crippen LogP contribution in [0.3, 0.4) is 0 Å². The fourth-order valence-electron chi connectivity index (χ4n) is 2.44. The molecular formula is C19H16ClN3O3S. The maximum atomic E-state index is 13.0. The minimum Gasteiger partial charge on any atom is -0.495 e. The van der Waals surface area contributed by atoms with Gasteiger partial charge >= 0.3 is 0 Å². The Kier molecular flexibility index (Phi) is 6.22. The molecule has 1 aliphatic rings. The molecule has 27 heavy (non-hydrogen) atoms. The second-order valence-corrected chi connectivity index (χ2v) is 6.98. The number of ether oxygens (including phenoxy) is 1. The van der Waals surface area contributed by atoms with Crippen molar-refractivity contribution in [1.29, 1.82) is 5.26 Å². The number of rotatable bonds is 6. The second kappa shape index (κ2) is 8.80. The van der Waals surface area contributed by atoms with Gasteiger partial charge in [-0.15, -0.1) is 0 Å². The van der Waals surface area contributed by atoms with Crippen molar-refractivity contribution in [3.63, 3.8) is 0 Å². The van der Waals surface area contributed by atoms with E-state index in [9.17, 15) is 4.79 Å². The van der Waals surface area contributed by atoms with Crippen molar-refractivity contribution in [2.75, 3.05) is 17.8 Å². The number of benzene rings is 1. The van der Waals surface area contributed by atoms with Crippen molar-refractivity contribution in [3.8, 4) is 11.8 Å². The standard InChI is InChI=1S/C19H16ClN3O3S/c1-25-17-7-6-13(11-15(17)20)23-18(24)16(12-14-5-4-9-26-14)22-19(23)27-10-3-2-8-21/h4-7,9,11-12H,2-3,10H2,1H3/b16-12+. The Labute approximate surface area is 166 Å². The van der Waals surface area contributed by atoms with Gasteiger partial charge in [0.2, 0.25) is 0 Å². The molecule has 0 saturated carbocycles. The molecule has 0 atom stereocenters. The molecule has 1 amide bonds. The summed E-state index contributed by atoms with van der Waals surface area (Å²) in [5.41, 5.74) is 0.875. The first-order valence-electron chi connectivity index (χ1n) is 8.15. The fourth-order valence-corrected chi connectivity index (χ4v) is 3.64. The highest BCUT2D eigenvalue weighted by molar-refractivity contribution is 8.14. The molecule has 0 fully saturated rings. The monoisotopic (exact) mass is 401 g/mol.